The van der Waals surface area contributed by atoms with Gasteiger partial charge in [-0.25, -0.2) is 0 Å². The smallest absolute Gasteiger partial charge is 0.0541 e. The monoisotopic (exact) mass is 675 g/mol. The Kier molecular flexibility index (Phi) is 5.71. The third-order valence-corrected chi connectivity index (χ3v) is 12.5. The maximum absolute atomic E-state index is 2.42. The first-order valence-corrected chi connectivity index (χ1v) is 18.7. The minimum absolute atomic E-state index is 1.18. The molecule has 0 bridgehead atoms. The molecule has 12 aromatic rings. The molecule has 0 spiro atoms. The molecule has 52 heavy (non-hydrogen) atoms. The Bertz CT molecular complexity index is 3400. The van der Waals surface area contributed by atoms with Crippen LogP contribution in [0.1, 0.15) is 0 Å². The number of fused-ring (bicyclic) bond motifs is 9. The summed E-state index contributed by atoms with van der Waals surface area (Å²) in [6, 6.07) is 65.3. The molecular formula is C50H29NS. The number of hydrogen-bond acceptors (Lipinski definition) is 1. The molecule has 0 aliphatic rings. The number of rotatable bonds is 3. The van der Waals surface area contributed by atoms with Crippen LogP contribution in [0.5, 0.6) is 0 Å². The summed E-state index contributed by atoms with van der Waals surface area (Å²) in [4.78, 5) is 0. The molecule has 0 N–H and O–H groups in total. The Labute approximate surface area is 303 Å². The van der Waals surface area contributed by atoms with Crippen molar-refractivity contribution in [3.05, 3.63) is 176 Å². The molecule has 1 nitrogen and oxygen atoms in total. The lowest BCUT2D eigenvalue weighted by Gasteiger charge is -2.16. The van der Waals surface area contributed by atoms with Crippen molar-refractivity contribution in [1.29, 1.82) is 0 Å². The van der Waals surface area contributed by atoms with Gasteiger partial charge in [0.25, 0.3) is 0 Å². The van der Waals surface area contributed by atoms with E-state index in [1.165, 1.54) is 113 Å². The molecule has 12 rings (SSSR count). The molecular weight excluding hydrogens is 647 g/mol. The molecule has 0 saturated heterocycles. The predicted molar refractivity (Wildman–Crippen MR) is 226 cm³/mol. The molecule has 0 fully saturated rings. The van der Waals surface area contributed by atoms with Crippen molar-refractivity contribution in [1.82, 2.24) is 4.57 Å². The van der Waals surface area contributed by atoms with Gasteiger partial charge in [0.05, 0.1) is 11.0 Å². The molecule has 10 aromatic carbocycles. The second-order valence-corrected chi connectivity index (χ2v) is 15.1. The van der Waals surface area contributed by atoms with E-state index in [9.17, 15) is 0 Å². The van der Waals surface area contributed by atoms with Gasteiger partial charge in [-0.3, -0.25) is 0 Å². The zero-order valence-corrected chi connectivity index (χ0v) is 28.9. The van der Waals surface area contributed by atoms with Crippen molar-refractivity contribution in [2.45, 2.75) is 0 Å². The van der Waals surface area contributed by atoms with E-state index in [1.807, 2.05) is 11.3 Å². The lowest BCUT2D eigenvalue weighted by atomic mass is 9.87. The number of aromatic nitrogens is 1. The largest absolute Gasteiger partial charge is 0.309 e. The van der Waals surface area contributed by atoms with Crippen molar-refractivity contribution >= 4 is 96.4 Å². The Morgan fingerprint density at radius 2 is 1.04 bits per heavy atom. The molecule has 0 aliphatic carbocycles. The van der Waals surface area contributed by atoms with Crippen molar-refractivity contribution < 1.29 is 0 Å². The first-order chi connectivity index (χ1) is 25.8. The van der Waals surface area contributed by atoms with Gasteiger partial charge in [-0.05, 0) is 108 Å². The van der Waals surface area contributed by atoms with Gasteiger partial charge in [0.2, 0.25) is 0 Å². The van der Waals surface area contributed by atoms with Crippen molar-refractivity contribution in [2.24, 2.45) is 0 Å². The van der Waals surface area contributed by atoms with Gasteiger partial charge in [-0.1, -0.05) is 127 Å². The van der Waals surface area contributed by atoms with Crippen LogP contribution in [0.2, 0.25) is 0 Å². The van der Waals surface area contributed by atoms with Crippen LogP contribution in [0.3, 0.4) is 0 Å². The average Bonchev–Trinajstić information content (AvgIpc) is 3.76. The van der Waals surface area contributed by atoms with Gasteiger partial charge in [0.1, 0.15) is 0 Å². The highest BCUT2D eigenvalue weighted by molar-refractivity contribution is 7.27. The number of para-hydroxylation sites is 2. The first kappa shape index (κ1) is 28.2. The van der Waals surface area contributed by atoms with Gasteiger partial charge < -0.3 is 4.57 Å². The van der Waals surface area contributed by atoms with Crippen LogP contribution in [0, 0.1) is 0 Å². The molecule has 0 aliphatic heterocycles. The fourth-order valence-corrected chi connectivity index (χ4v) is 10.3. The van der Waals surface area contributed by atoms with Crippen LogP contribution in [-0.4, -0.2) is 4.57 Å². The summed E-state index contributed by atoms with van der Waals surface area (Å²) in [6.45, 7) is 0. The first-order valence-electron chi connectivity index (χ1n) is 17.9. The second-order valence-electron chi connectivity index (χ2n) is 14.1. The lowest BCUT2D eigenvalue weighted by molar-refractivity contribution is 1.18. The Morgan fingerprint density at radius 3 is 1.98 bits per heavy atom. The molecule has 2 heteroatoms. The third-order valence-electron chi connectivity index (χ3n) is 11.3. The van der Waals surface area contributed by atoms with Crippen LogP contribution < -0.4 is 0 Å². The summed E-state index contributed by atoms with van der Waals surface area (Å²) in [5.74, 6) is 0. The van der Waals surface area contributed by atoms with Crippen LogP contribution in [-0.2, 0) is 0 Å². The molecule has 2 aromatic heterocycles. The predicted octanol–water partition coefficient (Wildman–Crippen LogP) is 14.5. The minimum Gasteiger partial charge on any atom is -0.309 e. The maximum Gasteiger partial charge on any atom is 0.0541 e. The number of hydrogen-bond donors (Lipinski definition) is 0. The summed E-state index contributed by atoms with van der Waals surface area (Å²) in [5.41, 5.74) is 8.69. The maximum atomic E-state index is 2.42. The van der Waals surface area contributed by atoms with Crippen LogP contribution >= 0.6 is 11.3 Å². The van der Waals surface area contributed by atoms with Crippen molar-refractivity contribution in [3.8, 4) is 27.9 Å². The van der Waals surface area contributed by atoms with Gasteiger partial charge in [-0.2, -0.15) is 0 Å². The van der Waals surface area contributed by atoms with E-state index in [0.29, 0.717) is 0 Å². The van der Waals surface area contributed by atoms with E-state index >= 15 is 0 Å². The topological polar surface area (TPSA) is 4.93 Å². The summed E-state index contributed by atoms with van der Waals surface area (Å²) in [7, 11) is 0. The van der Waals surface area contributed by atoms with E-state index in [1.54, 1.807) is 0 Å². The fourth-order valence-electron chi connectivity index (χ4n) is 8.98. The van der Waals surface area contributed by atoms with Gasteiger partial charge in [0, 0.05) is 42.0 Å². The minimum atomic E-state index is 1.18. The Balaban J connectivity index is 1.08. The molecule has 0 radical (unpaired) electrons. The zero-order valence-electron chi connectivity index (χ0n) is 28.1. The van der Waals surface area contributed by atoms with Crippen LogP contribution in [0.4, 0.5) is 0 Å². The molecule has 0 saturated carbocycles. The van der Waals surface area contributed by atoms with Gasteiger partial charge >= 0.3 is 0 Å². The number of thiophene rings is 1. The highest BCUT2D eigenvalue weighted by Gasteiger charge is 2.20. The molecule has 0 unspecified atom stereocenters. The van der Waals surface area contributed by atoms with E-state index < -0.39 is 0 Å². The SMILES string of the molecule is c1ccc(-n2c3ccccc3c3cc(-c4ccc5c(c4)sc4c6cccc7c(-c8ccc9ccccc9c8)cc8cccc(c54)c8c76)ccc32)cc1. The second kappa shape index (κ2) is 10.5. The van der Waals surface area contributed by atoms with E-state index in [0.717, 1.165) is 0 Å². The molecule has 2 heterocycles. The highest BCUT2D eigenvalue weighted by Crippen LogP contribution is 2.49. The Morgan fingerprint density at radius 1 is 0.346 bits per heavy atom. The van der Waals surface area contributed by atoms with Crippen LogP contribution in [0.15, 0.2) is 176 Å². The van der Waals surface area contributed by atoms with Crippen molar-refractivity contribution in [3.63, 3.8) is 0 Å². The van der Waals surface area contributed by atoms with E-state index in [-0.39, 0.29) is 0 Å². The molecule has 0 amide bonds. The van der Waals surface area contributed by atoms with Crippen molar-refractivity contribution in [2.75, 3.05) is 0 Å². The lowest BCUT2D eigenvalue weighted by Crippen LogP contribution is -1.92. The normalized spacial score (nSPS) is 12.2. The van der Waals surface area contributed by atoms with Crippen LogP contribution in [0.25, 0.3) is 113 Å². The Hall–Kier alpha value is -6.48. The van der Waals surface area contributed by atoms with Gasteiger partial charge in [-0.15, -0.1) is 11.3 Å². The summed E-state index contributed by atoms with van der Waals surface area (Å²) < 4.78 is 5.08. The van der Waals surface area contributed by atoms with E-state index in [4.69, 9.17) is 0 Å². The molecule has 240 valence electrons. The fraction of sp³-hybridized carbons (Fsp3) is 0. The standard InChI is InChI=1S/C50H29NS/c1-2-13-36(14-3-1)51-44-19-7-6-15-37(44)43-27-32(23-25-45(43)51)33-22-24-39-46(29-33)52-50-41-18-9-16-38-42(34-21-20-30-10-4-5-11-31(30)26-34)28-35-12-8-17-40(49(39)50)47(35)48(38)41/h1-29H. The molecule has 0 atom stereocenters. The zero-order chi connectivity index (χ0) is 33.9. The number of benzene rings is 10. The summed E-state index contributed by atoms with van der Waals surface area (Å²) in [6.07, 6.45) is 0. The van der Waals surface area contributed by atoms with Gasteiger partial charge in [0.15, 0.2) is 0 Å². The summed E-state index contributed by atoms with van der Waals surface area (Å²) >= 11 is 1.94. The third kappa shape index (κ3) is 3.87. The highest BCUT2D eigenvalue weighted by atomic mass is 32.1. The quantitative estimate of drug-likeness (QED) is 0.164. The number of nitrogens with zero attached hydrogens (tertiary/aromatic N) is 1. The van der Waals surface area contributed by atoms with E-state index in [2.05, 4.69) is 180 Å². The average molecular weight is 676 g/mol. The summed E-state index contributed by atoms with van der Waals surface area (Å²) in [5, 5.41) is 15.8.